The van der Waals surface area contributed by atoms with Gasteiger partial charge in [-0.25, -0.2) is 4.39 Å². The molecule has 0 saturated carbocycles. The first-order valence-corrected chi connectivity index (χ1v) is 6.63. The van der Waals surface area contributed by atoms with E-state index in [0.29, 0.717) is 19.1 Å². The van der Waals surface area contributed by atoms with Gasteiger partial charge in [-0.2, -0.15) is 0 Å². The lowest BCUT2D eigenvalue weighted by atomic mass is 10.1. The lowest BCUT2D eigenvalue weighted by Crippen LogP contribution is -2.41. The first-order valence-electron chi connectivity index (χ1n) is 6.63. The van der Waals surface area contributed by atoms with E-state index < -0.39 is 5.82 Å². The monoisotopic (exact) mass is 266 g/mol. The van der Waals surface area contributed by atoms with Crippen molar-refractivity contribution in [3.63, 3.8) is 0 Å². The average molecular weight is 266 g/mol. The summed E-state index contributed by atoms with van der Waals surface area (Å²) in [4.78, 5) is 13.9. The molecule has 1 aromatic carbocycles. The standard InChI is InChI=1S/C14H19FN2O2/c1-2-17(9-11-4-3-7-16-11)14(19)12-8-10(15)5-6-13(12)18/h5-6,8,11,16,18H,2-4,7,9H2,1H3. The molecule has 1 heterocycles. The zero-order chi connectivity index (χ0) is 13.8. The fourth-order valence-electron chi connectivity index (χ4n) is 2.38. The zero-order valence-electron chi connectivity index (χ0n) is 11.0. The SMILES string of the molecule is CCN(CC1CCCN1)C(=O)c1cc(F)ccc1O. The average Bonchev–Trinajstić information content (AvgIpc) is 2.91. The lowest BCUT2D eigenvalue weighted by molar-refractivity contribution is 0.0747. The number of hydrogen-bond acceptors (Lipinski definition) is 3. The highest BCUT2D eigenvalue weighted by molar-refractivity contribution is 5.96. The number of likely N-dealkylation sites (N-methyl/N-ethyl adjacent to an activating group) is 1. The number of hydrogen-bond donors (Lipinski definition) is 2. The predicted octanol–water partition coefficient (Wildman–Crippen LogP) is 1.75. The molecular formula is C14H19FN2O2. The molecule has 0 radical (unpaired) electrons. The van der Waals surface area contributed by atoms with Gasteiger partial charge in [0.2, 0.25) is 0 Å². The Labute approximate surface area is 112 Å². The van der Waals surface area contributed by atoms with Gasteiger partial charge in [-0.1, -0.05) is 0 Å². The summed E-state index contributed by atoms with van der Waals surface area (Å²) in [6.45, 7) is 3.98. The Bertz CT molecular complexity index is 459. The van der Waals surface area contributed by atoms with E-state index in [4.69, 9.17) is 0 Å². The van der Waals surface area contributed by atoms with Crippen molar-refractivity contribution in [2.24, 2.45) is 0 Å². The van der Waals surface area contributed by atoms with E-state index in [2.05, 4.69) is 5.32 Å². The molecule has 1 amide bonds. The Morgan fingerprint density at radius 1 is 1.58 bits per heavy atom. The Kier molecular flexibility index (Phi) is 4.37. The van der Waals surface area contributed by atoms with E-state index in [1.807, 2.05) is 6.92 Å². The van der Waals surface area contributed by atoms with Crippen molar-refractivity contribution in [3.8, 4) is 5.75 Å². The fourth-order valence-corrected chi connectivity index (χ4v) is 2.38. The van der Waals surface area contributed by atoms with Crippen molar-refractivity contribution >= 4 is 5.91 Å². The maximum atomic E-state index is 13.2. The van der Waals surface area contributed by atoms with Crippen LogP contribution in [-0.2, 0) is 0 Å². The molecule has 0 spiro atoms. The summed E-state index contributed by atoms with van der Waals surface area (Å²) in [5, 5.41) is 13.0. The molecule has 2 rings (SSSR count). The van der Waals surface area contributed by atoms with Crippen molar-refractivity contribution in [1.29, 1.82) is 0 Å². The predicted molar refractivity (Wildman–Crippen MR) is 70.7 cm³/mol. The van der Waals surface area contributed by atoms with E-state index >= 15 is 0 Å². The van der Waals surface area contributed by atoms with Gasteiger partial charge in [0.15, 0.2) is 0 Å². The second-order valence-electron chi connectivity index (χ2n) is 4.80. The minimum absolute atomic E-state index is 0.0276. The van der Waals surface area contributed by atoms with Crippen LogP contribution in [0.15, 0.2) is 18.2 Å². The summed E-state index contributed by atoms with van der Waals surface area (Å²) in [7, 11) is 0. The van der Waals surface area contributed by atoms with Crippen molar-refractivity contribution in [1.82, 2.24) is 10.2 Å². The van der Waals surface area contributed by atoms with Crippen LogP contribution >= 0.6 is 0 Å². The Balaban J connectivity index is 2.12. The van der Waals surface area contributed by atoms with Crippen LogP contribution in [0.3, 0.4) is 0 Å². The van der Waals surface area contributed by atoms with Crippen LogP contribution in [0.4, 0.5) is 4.39 Å². The molecule has 1 atom stereocenters. The van der Waals surface area contributed by atoms with Crippen LogP contribution < -0.4 is 5.32 Å². The summed E-state index contributed by atoms with van der Waals surface area (Å²) < 4.78 is 13.2. The highest BCUT2D eigenvalue weighted by Crippen LogP contribution is 2.20. The van der Waals surface area contributed by atoms with E-state index in [1.165, 1.54) is 6.07 Å². The molecule has 1 saturated heterocycles. The molecule has 1 aliphatic rings. The molecule has 19 heavy (non-hydrogen) atoms. The van der Waals surface area contributed by atoms with Crippen molar-refractivity contribution in [2.45, 2.75) is 25.8 Å². The number of halogens is 1. The number of phenolic OH excluding ortho intramolecular Hbond substituents is 1. The molecule has 0 aromatic heterocycles. The fraction of sp³-hybridized carbons (Fsp3) is 0.500. The number of aromatic hydroxyl groups is 1. The molecule has 2 N–H and O–H groups in total. The summed E-state index contributed by atoms with van der Waals surface area (Å²) in [5.41, 5.74) is 0.0276. The molecule has 5 heteroatoms. The van der Waals surface area contributed by atoms with Crippen LogP contribution in [0.25, 0.3) is 0 Å². The van der Waals surface area contributed by atoms with Gasteiger partial charge < -0.3 is 15.3 Å². The Morgan fingerprint density at radius 2 is 2.37 bits per heavy atom. The van der Waals surface area contributed by atoms with Crippen molar-refractivity contribution in [3.05, 3.63) is 29.6 Å². The minimum atomic E-state index is -0.517. The summed E-state index contributed by atoms with van der Waals surface area (Å²) in [6.07, 6.45) is 2.15. The molecule has 4 nitrogen and oxygen atoms in total. The maximum Gasteiger partial charge on any atom is 0.257 e. The van der Waals surface area contributed by atoms with Gasteiger partial charge >= 0.3 is 0 Å². The third-order valence-electron chi connectivity index (χ3n) is 3.46. The van der Waals surface area contributed by atoms with E-state index in [1.54, 1.807) is 4.90 Å². The second-order valence-corrected chi connectivity index (χ2v) is 4.80. The van der Waals surface area contributed by atoms with Gasteiger partial charge in [-0.05, 0) is 44.5 Å². The van der Waals surface area contributed by atoms with Crippen LogP contribution in [0.2, 0.25) is 0 Å². The van der Waals surface area contributed by atoms with Gasteiger partial charge in [0.1, 0.15) is 11.6 Å². The van der Waals surface area contributed by atoms with E-state index in [9.17, 15) is 14.3 Å². The van der Waals surface area contributed by atoms with Crippen molar-refractivity contribution in [2.75, 3.05) is 19.6 Å². The van der Waals surface area contributed by atoms with Gasteiger partial charge in [-0.3, -0.25) is 4.79 Å². The molecule has 1 aliphatic heterocycles. The molecular weight excluding hydrogens is 247 g/mol. The van der Waals surface area contributed by atoms with Crippen LogP contribution in [0.5, 0.6) is 5.75 Å². The molecule has 0 aliphatic carbocycles. The van der Waals surface area contributed by atoms with Crippen LogP contribution in [0, 0.1) is 5.82 Å². The normalized spacial score (nSPS) is 18.5. The van der Waals surface area contributed by atoms with Gasteiger partial charge in [-0.15, -0.1) is 0 Å². The first kappa shape index (κ1) is 13.8. The molecule has 1 fully saturated rings. The summed E-state index contributed by atoms with van der Waals surface area (Å²) >= 11 is 0. The second kappa shape index (κ2) is 6.02. The quantitative estimate of drug-likeness (QED) is 0.873. The number of rotatable bonds is 4. The Hall–Kier alpha value is -1.62. The highest BCUT2D eigenvalue weighted by Gasteiger charge is 2.23. The topological polar surface area (TPSA) is 52.6 Å². The van der Waals surface area contributed by atoms with Gasteiger partial charge in [0.05, 0.1) is 5.56 Å². The summed E-state index contributed by atoms with van der Waals surface area (Å²) in [6, 6.07) is 3.73. The third kappa shape index (κ3) is 3.23. The Morgan fingerprint density at radius 3 is 3.00 bits per heavy atom. The third-order valence-corrected chi connectivity index (χ3v) is 3.46. The van der Waals surface area contributed by atoms with E-state index in [0.717, 1.165) is 31.5 Å². The molecule has 0 bridgehead atoms. The number of benzene rings is 1. The number of amides is 1. The molecule has 104 valence electrons. The smallest absolute Gasteiger partial charge is 0.257 e. The van der Waals surface area contributed by atoms with Gasteiger partial charge in [0, 0.05) is 19.1 Å². The zero-order valence-corrected chi connectivity index (χ0v) is 11.0. The number of nitrogens with zero attached hydrogens (tertiary/aromatic N) is 1. The van der Waals surface area contributed by atoms with Gasteiger partial charge in [0.25, 0.3) is 5.91 Å². The summed E-state index contributed by atoms with van der Waals surface area (Å²) in [5.74, 6) is -1.02. The minimum Gasteiger partial charge on any atom is -0.507 e. The molecule has 1 unspecified atom stereocenters. The van der Waals surface area contributed by atoms with Crippen LogP contribution in [0.1, 0.15) is 30.1 Å². The number of carbonyl (C=O) groups is 1. The number of carbonyl (C=O) groups excluding carboxylic acids is 1. The lowest BCUT2D eigenvalue weighted by Gasteiger charge is -2.24. The maximum absolute atomic E-state index is 13.2. The highest BCUT2D eigenvalue weighted by atomic mass is 19.1. The van der Waals surface area contributed by atoms with E-state index in [-0.39, 0.29) is 17.2 Å². The molecule has 1 aromatic rings. The number of nitrogens with one attached hydrogen (secondary N) is 1. The van der Waals surface area contributed by atoms with Crippen molar-refractivity contribution < 1.29 is 14.3 Å². The largest absolute Gasteiger partial charge is 0.507 e. The number of phenols is 1. The first-order chi connectivity index (χ1) is 9.11. The van der Waals surface area contributed by atoms with Crippen LogP contribution in [-0.4, -0.2) is 41.6 Å².